The van der Waals surface area contributed by atoms with Crippen molar-refractivity contribution in [3.63, 3.8) is 0 Å². The summed E-state index contributed by atoms with van der Waals surface area (Å²) < 4.78 is 0. The predicted molar refractivity (Wildman–Crippen MR) is 144 cm³/mol. The van der Waals surface area contributed by atoms with E-state index in [1.165, 1.54) is 16.9 Å². The highest BCUT2D eigenvalue weighted by atomic mass is 32.1. The van der Waals surface area contributed by atoms with Gasteiger partial charge in [0.1, 0.15) is 5.00 Å². The Labute approximate surface area is 212 Å². The molecule has 5 N–H and O–H groups in total. The normalized spacial score (nSPS) is 18.7. The lowest BCUT2D eigenvalue weighted by Crippen LogP contribution is -2.39. The minimum absolute atomic E-state index is 0.0149. The van der Waals surface area contributed by atoms with Crippen molar-refractivity contribution in [2.24, 2.45) is 11.7 Å². The molecule has 1 atom stereocenters. The number of nitrogens with zero attached hydrogens (tertiary/aromatic N) is 1. The maximum atomic E-state index is 12.6. The van der Waals surface area contributed by atoms with Crippen LogP contribution in [0.4, 0.5) is 5.00 Å². The van der Waals surface area contributed by atoms with Crippen molar-refractivity contribution >= 4 is 45.5 Å². The number of nitrogens with one attached hydrogen (secondary N) is 3. The van der Waals surface area contributed by atoms with Gasteiger partial charge in [-0.05, 0) is 88.0 Å². The number of allylic oxidation sites excluding steroid dienone is 2. The molecule has 2 amide bonds. The maximum Gasteiger partial charge on any atom is 0.254 e. The first-order chi connectivity index (χ1) is 16.3. The van der Waals surface area contributed by atoms with E-state index >= 15 is 0 Å². The van der Waals surface area contributed by atoms with E-state index in [1.54, 1.807) is 11.3 Å². The topological polar surface area (TPSA) is 99.5 Å². The van der Waals surface area contributed by atoms with Crippen LogP contribution < -0.4 is 21.7 Å². The fraction of sp³-hybridized carbons (Fsp3) is 0.560. The zero-order valence-corrected chi connectivity index (χ0v) is 22.0. The first-order valence-corrected chi connectivity index (χ1v) is 13.4. The van der Waals surface area contributed by atoms with E-state index in [4.69, 9.17) is 18.0 Å². The van der Waals surface area contributed by atoms with Crippen LogP contribution in [0.25, 0.3) is 0 Å². The SMILES string of the molecule is CC1C(NC(N)=S)=CC=CN1C.CCCCNC(=O)c1c(NC(=O)C2CC2)sc2c1CCCC2. The van der Waals surface area contributed by atoms with Gasteiger partial charge in [-0.1, -0.05) is 13.3 Å². The summed E-state index contributed by atoms with van der Waals surface area (Å²) >= 11 is 6.36. The van der Waals surface area contributed by atoms with Gasteiger partial charge >= 0.3 is 0 Å². The van der Waals surface area contributed by atoms with Crippen LogP contribution in [0.3, 0.4) is 0 Å². The predicted octanol–water partition coefficient (Wildman–Crippen LogP) is 4.06. The van der Waals surface area contributed by atoms with Crippen LogP contribution in [0.2, 0.25) is 0 Å². The van der Waals surface area contributed by atoms with Crippen LogP contribution in [0.15, 0.2) is 24.0 Å². The van der Waals surface area contributed by atoms with Crippen molar-refractivity contribution in [2.75, 3.05) is 18.9 Å². The molecule has 0 aromatic carbocycles. The average Bonchev–Trinajstić information content (AvgIpc) is 3.59. The Morgan fingerprint density at radius 2 is 1.97 bits per heavy atom. The lowest BCUT2D eigenvalue weighted by Gasteiger charge is -2.28. The van der Waals surface area contributed by atoms with Gasteiger partial charge in [-0.25, -0.2) is 0 Å². The third-order valence-electron chi connectivity index (χ3n) is 6.32. The van der Waals surface area contributed by atoms with E-state index in [-0.39, 0.29) is 17.7 Å². The van der Waals surface area contributed by atoms with Gasteiger partial charge in [-0.15, -0.1) is 11.3 Å². The summed E-state index contributed by atoms with van der Waals surface area (Å²) in [7, 11) is 2.01. The Balaban J connectivity index is 0.000000229. The Morgan fingerprint density at radius 1 is 1.24 bits per heavy atom. The van der Waals surface area contributed by atoms with Crippen molar-refractivity contribution in [2.45, 2.75) is 71.3 Å². The number of aryl methyl sites for hydroxylation is 1. The molecule has 7 nitrogen and oxygen atoms in total. The van der Waals surface area contributed by atoms with E-state index in [0.717, 1.165) is 61.2 Å². The van der Waals surface area contributed by atoms with E-state index in [0.29, 0.717) is 17.7 Å². The fourth-order valence-corrected chi connectivity index (χ4v) is 5.39. The number of hydrogen-bond acceptors (Lipinski definition) is 5. The minimum atomic E-state index is -0.0149. The number of amides is 2. The second kappa shape index (κ2) is 12.4. The number of anilines is 1. The molecule has 1 aliphatic heterocycles. The van der Waals surface area contributed by atoms with E-state index in [9.17, 15) is 9.59 Å². The third kappa shape index (κ3) is 7.06. The van der Waals surface area contributed by atoms with Crippen molar-refractivity contribution in [1.82, 2.24) is 15.5 Å². The highest BCUT2D eigenvalue weighted by molar-refractivity contribution is 7.80. The zero-order valence-electron chi connectivity index (χ0n) is 20.4. The highest BCUT2D eigenvalue weighted by Gasteiger charge is 2.32. The number of likely N-dealkylation sites (N-methyl/N-ethyl adjacent to an activating group) is 1. The van der Waals surface area contributed by atoms with Crippen molar-refractivity contribution in [1.29, 1.82) is 0 Å². The van der Waals surface area contributed by atoms with Crippen LogP contribution in [-0.4, -0.2) is 41.5 Å². The van der Waals surface area contributed by atoms with Gasteiger partial charge in [-0.3, -0.25) is 9.59 Å². The van der Waals surface area contributed by atoms with Gasteiger partial charge in [0.15, 0.2) is 5.11 Å². The highest BCUT2D eigenvalue weighted by Crippen LogP contribution is 2.39. The Bertz CT molecular complexity index is 965. The van der Waals surface area contributed by atoms with Crippen LogP contribution in [0, 0.1) is 5.92 Å². The first kappa shape index (κ1) is 26.2. The zero-order chi connectivity index (χ0) is 24.7. The summed E-state index contributed by atoms with van der Waals surface area (Å²) in [5.74, 6) is 0.232. The number of unbranched alkanes of at least 4 members (excludes halogenated alkanes) is 1. The average molecular weight is 504 g/mol. The summed E-state index contributed by atoms with van der Waals surface area (Å²) in [5.41, 5.74) is 8.32. The standard InChI is InChI=1S/C17H24N2O2S.C8H13N3S/c1-2-3-10-18-16(21)14-12-6-4-5-7-13(12)22-17(14)19-15(20)11-8-9-11;1-6-7(10-8(9)12)4-3-5-11(6)2/h11H,2-10H2,1H3,(H,18,21)(H,19,20);3-6H,1-2H3,(H3,9,10,12). The monoisotopic (exact) mass is 503 g/mol. The molecule has 186 valence electrons. The lowest BCUT2D eigenvalue weighted by molar-refractivity contribution is -0.117. The summed E-state index contributed by atoms with van der Waals surface area (Å²) in [6, 6.07) is 0.302. The molecule has 9 heteroatoms. The van der Waals surface area contributed by atoms with Crippen molar-refractivity contribution in [3.05, 3.63) is 40.1 Å². The third-order valence-corrected chi connectivity index (χ3v) is 7.63. The number of hydrogen-bond donors (Lipinski definition) is 4. The van der Waals surface area contributed by atoms with Crippen molar-refractivity contribution < 1.29 is 9.59 Å². The van der Waals surface area contributed by atoms with Crippen LogP contribution in [-0.2, 0) is 17.6 Å². The smallest absolute Gasteiger partial charge is 0.254 e. The van der Waals surface area contributed by atoms with Gasteiger partial charge < -0.3 is 26.6 Å². The number of rotatable bonds is 7. The second-order valence-corrected chi connectivity index (χ2v) is 10.6. The van der Waals surface area contributed by atoms with Gasteiger partial charge in [0.25, 0.3) is 5.91 Å². The molecular formula is C25H37N5O2S2. The van der Waals surface area contributed by atoms with E-state index < -0.39 is 0 Å². The largest absolute Gasteiger partial charge is 0.376 e. The maximum absolute atomic E-state index is 12.6. The summed E-state index contributed by atoms with van der Waals surface area (Å²) in [6.45, 7) is 4.90. The summed E-state index contributed by atoms with van der Waals surface area (Å²) in [6.07, 6.45) is 14.3. The van der Waals surface area contributed by atoms with Crippen molar-refractivity contribution in [3.8, 4) is 0 Å². The number of nitrogens with two attached hydrogens (primary N) is 1. The fourth-order valence-electron chi connectivity index (χ4n) is 3.98. The molecule has 2 aliphatic carbocycles. The molecule has 1 saturated carbocycles. The van der Waals surface area contributed by atoms with Crippen LogP contribution in [0.1, 0.15) is 73.2 Å². The quantitative estimate of drug-likeness (QED) is 0.331. The number of thiocarbonyl (C=S) groups is 1. The molecular weight excluding hydrogens is 466 g/mol. The molecule has 1 aromatic rings. The van der Waals surface area contributed by atoms with Crippen LogP contribution in [0.5, 0.6) is 0 Å². The lowest BCUT2D eigenvalue weighted by atomic mass is 9.95. The van der Waals surface area contributed by atoms with E-state index in [1.807, 2.05) is 25.4 Å². The molecule has 3 aliphatic rings. The molecule has 1 fully saturated rings. The first-order valence-electron chi connectivity index (χ1n) is 12.2. The number of carbonyl (C=O) groups is 2. The molecule has 0 bridgehead atoms. The summed E-state index contributed by atoms with van der Waals surface area (Å²) in [5, 5.41) is 10.1. The minimum Gasteiger partial charge on any atom is -0.376 e. The summed E-state index contributed by atoms with van der Waals surface area (Å²) in [4.78, 5) is 28.0. The van der Waals surface area contributed by atoms with Gasteiger partial charge in [0.05, 0.1) is 11.6 Å². The van der Waals surface area contributed by atoms with Gasteiger partial charge in [0.2, 0.25) is 5.91 Å². The Kier molecular flexibility index (Phi) is 9.53. The number of fused-ring (bicyclic) bond motifs is 1. The molecule has 2 heterocycles. The van der Waals surface area contributed by atoms with Crippen LogP contribution >= 0.6 is 23.6 Å². The number of carbonyl (C=O) groups excluding carboxylic acids is 2. The molecule has 0 radical (unpaired) electrons. The molecule has 0 saturated heterocycles. The Hall–Kier alpha value is -2.39. The van der Waals surface area contributed by atoms with E-state index in [2.05, 4.69) is 34.7 Å². The Morgan fingerprint density at radius 3 is 2.65 bits per heavy atom. The molecule has 0 spiro atoms. The van der Waals surface area contributed by atoms with Gasteiger partial charge in [0, 0.05) is 30.1 Å². The molecule has 34 heavy (non-hydrogen) atoms. The molecule has 4 rings (SSSR count). The van der Waals surface area contributed by atoms with Gasteiger partial charge in [-0.2, -0.15) is 0 Å². The second-order valence-electron chi connectivity index (χ2n) is 9.08. The molecule has 1 unspecified atom stereocenters. The molecule has 1 aromatic heterocycles. The number of thiophene rings is 1.